The van der Waals surface area contributed by atoms with Gasteiger partial charge in [-0.2, -0.15) is 0 Å². The van der Waals surface area contributed by atoms with Crippen LogP contribution in [-0.4, -0.2) is 14.7 Å². The first-order chi connectivity index (χ1) is 9.67. The zero-order valence-corrected chi connectivity index (χ0v) is 12.9. The molecule has 1 N–H and O–H groups in total. The molecule has 0 fully saturated rings. The number of fused-ring (bicyclic) bond motifs is 1. The van der Waals surface area contributed by atoms with E-state index < -0.39 is 0 Å². The number of aliphatic hydroxyl groups is 1. The number of aliphatic hydroxyl groups excluding tert-OH is 1. The van der Waals surface area contributed by atoms with E-state index in [9.17, 15) is 5.11 Å². The Labute approximate surface area is 121 Å². The number of nitrogens with zero attached hydrogens (tertiary/aromatic N) is 2. The lowest BCUT2D eigenvalue weighted by molar-refractivity contribution is 0.268. The summed E-state index contributed by atoms with van der Waals surface area (Å²) in [5.41, 5.74) is 4.85. The Balaban J connectivity index is 2.12. The van der Waals surface area contributed by atoms with Gasteiger partial charge in [0.15, 0.2) is 0 Å². The van der Waals surface area contributed by atoms with Crippen molar-refractivity contribution in [3.63, 3.8) is 0 Å². The second-order valence-corrected chi connectivity index (χ2v) is 5.68. The van der Waals surface area contributed by atoms with E-state index in [1.54, 1.807) is 0 Å². The predicted octanol–water partition coefficient (Wildman–Crippen LogP) is 3.89. The van der Waals surface area contributed by atoms with Gasteiger partial charge in [-0.3, -0.25) is 0 Å². The molecule has 3 heteroatoms. The highest BCUT2D eigenvalue weighted by atomic mass is 16.3. The molecule has 0 bridgehead atoms. The molecule has 3 nitrogen and oxygen atoms in total. The van der Waals surface area contributed by atoms with E-state index in [2.05, 4.69) is 31.0 Å². The molecule has 110 valence electrons. The van der Waals surface area contributed by atoms with Crippen LogP contribution in [0.3, 0.4) is 0 Å². The standard InChI is InChI=1S/C17H26N2O/c1-4-5-6-7-8-9-14-11-15-16(10-13(14)2)19(3)17(12-20)18-15/h10-11,20H,4-9,12H2,1-3H3. The Morgan fingerprint density at radius 1 is 1.15 bits per heavy atom. The number of hydrogen-bond acceptors (Lipinski definition) is 2. The number of benzene rings is 1. The van der Waals surface area contributed by atoms with Crippen LogP contribution >= 0.6 is 0 Å². The maximum Gasteiger partial charge on any atom is 0.135 e. The Kier molecular flexibility index (Phi) is 5.18. The van der Waals surface area contributed by atoms with Crippen molar-refractivity contribution in [3.8, 4) is 0 Å². The van der Waals surface area contributed by atoms with Gasteiger partial charge in [0, 0.05) is 7.05 Å². The normalized spacial score (nSPS) is 11.4. The van der Waals surface area contributed by atoms with Crippen molar-refractivity contribution in [3.05, 3.63) is 29.1 Å². The van der Waals surface area contributed by atoms with Gasteiger partial charge in [-0.25, -0.2) is 4.98 Å². The molecule has 2 aromatic rings. The molecule has 0 aliphatic heterocycles. The highest BCUT2D eigenvalue weighted by Crippen LogP contribution is 2.22. The molecular formula is C17H26N2O. The molecule has 1 aromatic carbocycles. The van der Waals surface area contributed by atoms with Crippen molar-refractivity contribution < 1.29 is 5.11 Å². The molecule has 0 amide bonds. The summed E-state index contributed by atoms with van der Waals surface area (Å²) in [6.07, 6.45) is 7.69. The van der Waals surface area contributed by atoms with Crippen LogP contribution in [0, 0.1) is 6.92 Å². The lowest BCUT2D eigenvalue weighted by atomic mass is 10.0. The first-order valence-corrected chi connectivity index (χ1v) is 7.73. The minimum Gasteiger partial charge on any atom is -0.388 e. The molecule has 0 radical (unpaired) electrons. The van der Waals surface area contributed by atoms with E-state index in [1.165, 1.54) is 43.2 Å². The van der Waals surface area contributed by atoms with Crippen molar-refractivity contribution >= 4 is 11.0 Å². The minimum atomic E-state index is -0.00339. The lowest BCUT2D eigenvalue weighted by Gasteiger charge is -2.07. The summed E-state index contributed by atoms with van der Waals surface area (Å²) in [5.74, 6) is 0.736. The maximum absolute atomic E-state index is 9.30. The van der Waals surface area contributed by atoms with Gasteiger partial charge >= 0.3 is 0 Å². The van der Waals surface area contributed by atoms with Crippen molar-refractivity contribution in [2.75, 3.05) is 0 Å². The molecule has 0 saturated heterocycles. The van der Waals surface area contributed by atoms with E-state index in [1.807, 2.05) is 11.6 Å². The second-order valence-electron chi connectivity index (χ2n) is 5.68. The van der Waals surface area contributed by atoms with Crippen LogP contribution in [-0.2, 0) is 20.1 Å². The van der Waals surface area contributed by atoms with Gasteiger partial charge in [0.25, 0.3) is 0 Å². The van der Waals surface area contributed by atoms with Crippen molar-refractivity contribution in [1.29, 1.82) is 0 Å². The number of imidazole rings is 1. The largest absolute Gasteiger partial charge is 0.388 e. The topological polar surface area (TPSA) is 38.1 Å². The fourth-order valence-electron chi connectivity index (χ4n) is 2.77. The van der Waals surface area contributed by atoms with Gasteiger partial charge in [-0.15, -0.1) is 0 Å². The molecule has 0 aliphatic carbocycles. The van der Waals surface area contributed by atoms with E-state index >= 15 is 0 Å². The molecule has 20 heavy (non-hydrogen) atoms. The molecule has 0 atom stereocenters. The van der Waals surface area contributed by atoms with Crippen molar-refractivity contribution in [2.45, 2.75) is 59.0 Å². The average molecular weight is 274 g/mol. The summed E-state index contributed by atoms with van der Waals surface area (Å²) in [4.78, 5) is 4.50. The van der Waals surface area contributed by atoms with E-state index in [0.717, 1.165) is 23.3 Å². The summed E-state index contributed by atoms with van der Waals surface area (Å²) in [6, 6.07) is 4.40. The van der Waals surface area contributed by atoms with Crippen LogP contribution in [0.25, 0.3) is 11.0 Å². The van der Waals surface area contributed by atoms with Crippen LogP contribution in [0.1, 0.15) is 56.0 Å². The maximum atomic E-state index is 9.30. The van der Waals surface area contributed by atoms with Crippen LogP contribution in [0.15, 0.2) is 12.1 Å². The SMILES string of the molecule is CCCCCCCc1cc2nc(CO)n(C)c2cc1C. The van der Waals surface area contributed by atoms with Gasteiger partial charge in [0.05, 0.1) is 11.0 Å². The third kappa shape index (κ3) is 3.21. The van der Waals surface area contributed by atoms with Gasteiger partial charge in [-0.1, -0.05) is 32.6 Å². The Morgan fingerprint density at radius 2 is 1.90 bits per heavy atom. The fraction of sp³-hybridized carbons (Fsp3) is 0.588. The van der Waals surface area contributed by atoms with Crippen LogP contribution in [0.4, 0.5) is 0 Å². The van der Waals surface area contributed by atoms with Gasteiger partial charge in [0.2, 0.25) is 0 Å². The van der Waals surface area contributed by atoms with E-state index in [0.29, 0.717) is 0 Å². The molecule has 2 rings (SSSR count). The summed E-state index contributed by atoms with van der Waals surface area (Å²) >= 11 is 0. The Hall–Kier alpha value is -1.35. The molecule has 1 aromatic heterocycles. The number of rotatable bonds is 7. The molecule has 1 heterocycles. The third-order valence-electron chi connectivity index (χ3n) is 4.12. The van der Waals surface area contributed by atoms with Gasteiger partial charge in [0.1, 0.15) is 12.4 Å². The Morgan fingerprint density at radius 3 is 2.60 bits per heavy atom. The van der Waals surface area contributed by atoms with Crippen LogP contribution < -0.4 is 0 Å². The molecule has 0 saturated carbocycles. The average Bonchev–Trinajstić information content (AvgIpc) is 2.75. The lowest BCUT2D eigenvalue weighted by Crippen LogP contribution is -1.97. The fourth-order valence-corrected chi connectivity index (χ4v) is 2.77. The third-order valence-corrected chi connectivity index (χ3v) is 4.12. The first kappa shape index (κ1) is 15.0. The van der Waals surface area contributed by atoms with E-state index in [4.69, 9.17) is 0 Å². The monoisotopic (exact) mass is 274 g/mol. The summed E-state index contributed by atoms with van der Waals surface area (Å²) in [6.45, 7) is 4.42. The summed E-state index contributed by atoms with van der Waals surface area (Å²) in [5, 5.41) is 9.30. The van der Waals surface area contributed by atoms with Crippen LogP contribution in [0.2, 0.25) is 0 Å². The molecule has 0 aliphatic rings. The molecule has 0 unspecified atom stereocenters. The molecular weight excluding hydrogens is 248 g/mol. The number of aromatic nitrogens is 2. The smallest absolute Gasteiger partial charge is 0.135 e. The van der Waals surface area contributed by atoms with Gasteiger partial charge in [-0.05, 0) is 43.0 Å². The van der Waals surface area contributed by atoms with Crippen LogP contribution in [0.5, 0.6) is 0 Å². The zero-order chi connectivity index (χ0) is 14.5. The summed E-state index contributed by atoms with van der Waals surface area (Å²) < 4.78 is 1.98. The Bertz CT molecular complexity index is 572. The highest BCUT2D eigenvalue weighted by molar-refractivity contribution is 5.78. The van der Waals surface area contributed by atoms with Gasteiger partial charge < -0.3 is 9.67 Å². The second kappa shape index (κ2) is 6.89. The highest BCUT2D eigenvalue weighted by Gasteiger charge is 2.09. The molecule has 0 spiro atoms. The number of aryl methyl sites for hydroxylation is 3. The number of unbranched alkanes of at least 4 members (excludes halogenated alkanes) is 4. The van der Waals surface area contributed by atoms with E-state index in [-0.39, 0.29) is 6.61 Å². The summed E-state index contributed by atoms with van der Waals surface area (Å²) in [7, 11) is 1.96. The quantitative estimate of drug-likeness (QED) is 0.778. The minimum absolute atomic E-state index is 0.00339. The zero-order valence-electron chi connectivity index (χ0n) is 12.9. The van der Waals surface area contributed by atoms with Crippen molar-refractivity contribution in [1.82, 2.24) is 9.55 Å². The number of hydrogen-bond donors (Lipinski definition) is 1. The first-order valence-electron chi connectivity index (χ1n) is 7.73. The van der Waals surface area contributed by atoms with Crippen molar-refractivity contribution in [2.24, 2.45) is 7.05 Å². The predicted molar refractivity (Wildman–Crippen MR) is 83.8 cm³/mol.